The van der Waals surface area contributed by atoms with Gasteiger partial charge in [-0.1, -0.05) is 30.3 Å². The van der Waals surface area contributed by atoms with Crippen LogP contribution in [0.25, 0.3) is 21.0 Å². The van der Waals surface area contributed by atoms with E-state index < -0.39 is 9.73 Å². The van der Waals surface area contributed by atoms with Gasteiger partial charge in [0.25, 0.3) is 0 Å². The maximum absolute atomic E-state index is 13.5. The third-order valence-corrected chi connectivity index (χ3v) is 6.83. The van der Waals surface area contributed by atoms with E-state index in [4.69, 9.17) is 0 Å². The van der Waals surface area contributed by atoms with Crippen LogP contribution in [0.4, 0.5) is 10.2 Å². The fourth-order valence-electron chi connectivity index (χ4n) is 2.69. The zero-order chi connectivity index (χ0) is 19.6. The van der Waals surface area contributed by atoms with Crippen LogP contribution in [-0.4, -0.2) is 20.4 Å². The van der Waals surface area contributed by atoms with E-state index in [0.29, 0.717) is 10.7 Å². The SMILES string of the molecule is CS(=O)(=Nc1cc(-c2cnc(-c3cccc(F)c3)s2)ccn1)c1ccccc1. The first-order chi connectivity index (χ1) is 13.5. The lowest BCUT2D eigenvalue weighted by molar-refractivity contribution is 0.628. The van der Waals surface area contributed by atoms with Crippen molar-refractivity contribution in [2.75, 3.05) is 6.26 Å². The minimum absolute atomic E-state index is 0.294. The van der Waals surface area contributed by atoms with Crippen LogP contribution in [0.2, 0.25) is 0 Å². The Hall–Kier alpha value is -2.90. The molecule has 0 fully saturated rings. The molecule has 0 saturated heterocycles. The van der Waals surface area contributed by atoms with Crippen molar-refractivity contribution in [3.63, 3.8) is 0 Å². The molecule has 1 atom stereocenters. The molecule has 2 aromatic carbocycles. The van der Waals surface area contributed by atoms with Gasteiger partial charge in [0, 0.05) is 29.1 Å². The fourth-order valence-corrected chi connectivity index (χ4v) is 4.82. The van der Waals surface area contributed by atoms with Gasteiger partial charge < -0.3 is 0 Å². The van der Waals surface area contributed by atoms with Gasteiger partial charge in [-0.25, -0.2) is 18.6 Å². The van der Waals surface area contributed by atoms with Crippen molar-refractivity contribution < 1.29 is 8.60 Å². The summed E-state index contributed by atoms with van der Waals surface area (Å²) in [5.41, 5.74) is 1.60. The molecule has 4 nitrogen and oxygen atoms in total. The number of benzene rings is 2. The summed E-state index contributed by atoms with van der Waals surface area (Å²) in [6.07, 6.45) is 4.98. The maximum Gasteiger partial charge on any atom is 0.162 e. The highest BCUT2D eigenvalue weighted by Gasteiger charge is 2.10. The molecular weight excluding hydrogens is 393 g/mol. The van der Waals surface area contributed by atoms with Crippen LogP contribution in [0.1, 0.15) is 0 Å². The van der Waals surface area contributed by atoms with Crippen molar-refractivity contribution in [3.8, 4) is 21.0 Å². The molecule has 4 aromatic rings. The van der Waals surface area contributed by atoms with E-state index in [1.807, 2.05) is 30.3 Å². The Morgan fingerprint density at radius 1 is 0.964 bits per heavy atom. The Morgan fingerprint density at radius 3 is 2.57 bits per heavy atom. The first kappa shape index (κ1) is 18.5. The van der Waals surface area contributed by atoms with Crippen molar-refractivity contribution >= 4 is 26.9 Å². The van der Waals surface area contributed by atoms with E-state index in [9.17, 15) is 8.60 Å². The van der Waals surface area contributed by atoms with E-state index >= 15 is 0 Å². The molecule has 4 rings (SSSR count). The fraction of sp³-hybridized carbons (Fsp3) is 0.0476. The maximum atomic E-state index is 13.5. The van der Waals surface area contributed by atoms with Gasteiger partial charge in [-0.3, -0.25) is 0 Å². The molecule has 0 spiro atoms. The largest absolute Gasteiger partial charge is 0.245 e. The first-order valence-electron chi connectivity index (χ1n) is 8.47. The number of halogens is 1. The molecular formula is C21H16FN3OS2. The summed E-state index contributed by atoms with van der Waals surface area (Å²) in [6, 6.07) is 19.1. The molecule has 0 bridgehead atoms. The van der Waals surface area contributed by atoms with Gasteiger partial charge in [0.2, 0.25) is 0 Å². The summed E-state index contributed by atoms with van der Waals surface area (Å²) >= 11 is 1.45. The molecule has 0 amide bonds. The number of hydrogen-bond donors (Lipinski definition) is 0. The molecule has 0 saturated carbocycles. The van der Waals surface area contributed by atoms with Gasteiger partial charge in [-0.05, 0) is 42.0 Å². The van der Waals surface area contributed by atoms with Crippen molar-refractivity contribution in [2.24, 2.45) is 4.36 Å². The van der Waals surface area contributed by atoms with Crippen molar-refractivity contribution in [1.29, 1.82) is 0 Å². The minimum Gasteiger partial charge on any atom is -0.245 e. The predicted molar refractivity (Wildman–Crippen MR) is 112 cm³/mol. The van der Waals surface area contributed by atoms with Crippen molar-refractivity contribution in [2.45, 2.75) is 4.90 Å². The summed E-state index contributed by atoms with van der Waals surface area (Å²) in [5.74, 6) is 0.104. The molecule has 0 N–H and O–H groups in total. The average Bonchev–Trinajstić information content (AvgIpc) is 3.19. The number of hydrogen-bond acceptors (Lipinski definition) is 5. The van der Waals surface area contributed by atoms with Crippen LogP contribution in [0.15, 0.2) is 88.4 Å². The van der Waals surface area contributed by atoms with E-state index in [-0.39, 0.29) is 5.82 Å². The predicted octanol–water partition coefficient (Wildman–Crippen LogP) is 5.80. The summed E-state index contributed by atoms with van der Waals surface area (Å²) in [7, 11) is -2.60. The smallest absolute Gasteiger partial charge is 0.162 e. The number of nitrogens with zero attached hydrogens (tertiary/aromatic N) is 3. The summed E-state index contributed by atoms with van der Waals surface area (Å²) in [4.78, 5) is 10.2. The number of thiazole rings is 1. The van der Waals surface area contributed by atoms with Gasteiger partial charge in [0.05, 0.1) is 14.6 Å². The standard InChI is InChI=1S/C21H16FN3OS2/c1-28(26,18-8-3-2-4-9-18)25-20-13-15(10-11-23-20)19-14-24-21(27-19)16-6-5-7-17(22)12-16/h2-14H,1H3. The van der Waals surface area contributed by atoms with Gasteiger partial charge in [-0.15, -0.1) is 11.3 Å². The van der Waals surface area contributed by atoms with Crippen LogP contribution in [0, 0.1) is 5.82 Å². The number of pyridine rings is 1. The third kappa shape index (κ3) is 4.00. The Kier molecular flexibility index (Phi) is 5.02. The van der Waals surface area contributed by atoms with Gasteiger partial charge in [0.15, 0.2) is 5.82 Å². The zero-order valence-electron chi connectivity index (χ0n) is 14.9. The van der Waals surface area contributed by atoms with Gasteiger partial charge >= 0.3 is 0 Å². The molecule has 1 unspecified atom stereocenters. The first-order valence-corrected chi connectivity index (χ1v) is 11.2. The lowest BCUT2D eigenvalue weighted by Crippen LogP contribution is -1.96. The second-order valence-corrected chi connectivity index (χ2v) is 9.44. The van der Waals surface area contributed by atoms with Crippen LogP contribution in [0.5, 0.6) is 0 Å². The lowest BCUT2D eigenvalue weighted by atomic mass is 10.2. The monoisotopic (exact) mass is 409 g/mol. The van der Waals surface area contributed by atoms with E-state index in [1.165, 1.54) is 23.5 Å². The van der Waals surface area contributed by atoms with Crippen molar-refractivity contribution in [1.82, 2.24) is 9.97 Å². The van der Waals surface area contributed by atoms with Gasteiger partial charge in [0.1, 0.15) is 10.8 Å². The van der Waals surface area contributed by atoms with E-state index in [1.54, 1.807) is 42.9 Å². The topological polar surface area (TPSA) is 55.2 Å². The average molecular weight is 410 g/mol. The molecule has 2 aromatic heterocycles. The lowest BCUT2D eigenvalue weighted by Gasteiger charge is -2.04. The molecule has 0 aliphatic heterocycles. The van der Waals surface area contributed by atoms with Crippen molar-refractivity contribution in [3.05, 3.63) is 84.9 Å². The molecule has 0 radical (unpaired) electrons. The van der Waals surface area contributed by atoms with E-state index in [0.717, 1.165) is 21.0 Å². The highest BCUT2D eigenvalue weighted by Crippen LogP contribution is 2.33. The highest BCUT2D eigenvalue weighted by molar-refractivity contribution is 7.93. The Balaban J connectivity index is 1.69. The molecule has 2 heterocycles. The normalized spacial score (nSPS) is 13.1. The Morgan fingerprint density at radius 2 is 1.79 bits per heavy atom. The third-order valence-electron chi connectivity index (χ3n) is 4.06. The van der Waals surface area contributed by atoms with Crippen LogP contribution >= 0.6 is 11.3 Å². The van der Waals surface area contributed by atoms with Crippen LogP contribution in [0.3, 0.4) is 0 Å². The highest BCUT2D eigenvalue weighted by atomic mass is 32.2. The number of aromatic nitrogens is 2. The summed E-state index contributed by atoms with van der Waals surface area (Å²) < 4.78 is 30.8. The number of rotatable bonds is 4. The molecule has 7 heteroatoms. The zero-order valence-corrected chi connectivity index (χ0v) is 16.6. The second-order valence-electron chi connectivity index (χ2n) is 6.15. The molecule has 0 aliphatic rings. The molecule has 140 valence electrons. The quantitative estimate of drug-likeness (QED) is 0.428. The Labute approximate surface area is 166 Å². The van der Waals surface area contributed by atoms with Gasteiger partial charge in [-0.2, -0.15) is 4.36 Å². The summed E-state index contributed by atoms with van der Waals surface area (Å²) in [5, 5.41) is 0.730. The van der Waals surface area contributed by atoms with Crippen LogP contribution in [-0.2, 0) is 9.73 Å². The van der Waals surface area contributed by atoms with E-state index in [2.05, 4.69) is 14.3 Å². The second kappa shape index (κ2) is 7.61. The molecule has 0 aliphatic carbocycles. The molecule has 28 heavy (non-hydrogen) atoms. The Bertz CT molecular complexity index is 1250. The summed E-state index contributed by atoms with van der Waals surface area (Å²) in [6.45, 7) is 0. The minimum atomic E-state index is -2.60. The van der Waals surface area contributed by atoms with Crippen LogP contribution < -0.4 is 0 Å².